The standard InChI is InChI=1S/C28H60N2O10Si2.C28H58N2O8Si2.C25H53N3O8Si2/c1-7-35-41(36-8-2,37-9-3)25-14-13-17-27(31)18-15-21-33-23-24-34-22-20-30-28(32)29-19-16-26-42(38-10-4,39-11-5)40-12-6;1-7-33-39(34-8-2,35-9-3)22-16-15-19-26(31)24-25-18-13-14-20-27(25)30-28(32)29-21-17-23-40(36-10-4,37-11-5)38-12-6;1-7-31-37(32-8-2,33-9-3)22-14-13-16-24(29)27-18-20-28(21-19-27)25(30)26-17-15-23-38(34-10-4,35-11-5)36-12-6/h7-26H2,1-6H3,(H2,29,30,32);25,27H,7-24H2,1-6H3,(H2,29,30,32);7-23H2,1-6H3,(H,26,30). The van der Waals surface area contributed by atoms with Crippen molar-refractivity contribution < 1.29 is 118 Å². The molecule has 39 heteroatoms. The summed E-state index contributed by atoms with van der Waals surface area (Å²) in [6.07, 6.45) is 14.3. The Morgan fingerprint density at radius 2 is 0.567 bits per heavy atom. The Kier molecular flexibility index (Phi) is 73.3. The number of carbonyl (C=O) groups is 6. The molecule has 2 fully saturated rings. The normalized spacial score (nSPS) is 14.9. The molecule has 120 heavy (non-hydrogen) atoms. The molecule has 2 atom stereocenters. The SMILES string of the molecule is CCO[Si](CCCCC(=O)CC1CCCCC1NC(=O)NCCC[Si](OCC)(OCC)OCC)(OCC)OCC.CCO[Si](CCCCC(=O)CCCOCCOCCNC(=O)NCCC[Si](OCC)(OCC)OCC)(OCC)OCC.CCO[Si](CCCCC(=O)N1CCN(C(=O)NCCC[Si](OCC)(OCC)OCC)CC1)(OCC)OCC. The van der Waals surface area contributed by atoms with Crippen molar-refractivity contribution in [2.75, 3.05) is 198 Å². The van der Waals surface area contributed by atoms with E-state index in [9.17, 15) is 28.8 Å². The summed E-state index contributed by atoms with van der Waals surface area (Å²) in [5, 5.41) is 14.7. The molecule has 0 radical (unpaired) electrons. The van der Waals surface area contributed by atoms with Gasteiger partial charge in [-0.3, -0.25) is 14.4 Å². The lowest BCUT2D eigenvalue weighted by atomic mass is 9.81. The molecule has 2 rings (SSSR count). The van der Waals surface area contributed by atoms with Gasteiger partial charge >= 0.3 is 70.9 Å². The first kappa shape index (κ1) is 117. The molecule has 33 nitrogen and oxygen atoms in total. The van der Waals surface area contributed by atoms with E-state index in [0.717, 1.165) is 82.7 Å². The number of ketones is 2. The number of piperazine rings is 1. The predicted octanol–water partition coefficient (Wildman–Crippen LogP) is 13.3. The number of ether oxygens (including phenoxy) is 2. The Balaban J connectivity index is 0.00000177. The predicted molar refractivity (Wildman–Crippen MR) is 479 cm³/mol. The molecule has 1 heterocycles. The zero-order chi connectivity index (χ0) is 89.3. The topological polar surface area (TPSA) is 354 Å². The highest BCUT2D eigenvalue weighted by molar-refractivity contribution is 6.62. The van der Waals surface area contributed by atoms with Crippen molar-refractivity contribution in [3.05, 3.63) is 0 Å². The van der Waals surface area contributed by atoms with Crippen molar-refractivity contribution in [3.63, 3.8) is 0 Å². The van der Waals surface area contributed by atoms with Gasteiger partial charge in [-0.25, -0.2) is 14.4 Å². The van der Waals surface area contributed by atoms with Gasteiger partial charge in [0.2, 0.25) is 5.91 Å². The van der Waals surface area contributed by atoms with Crippen LogP contribution < -0.4 is 26.6 Å². The van der Waals surface area contributed by atoms with Gasteiger partial charge in [0, 0.05) is 252 Å². The molecule has 2 unspecified atom stereocenters. The molecular formula is C81H171N7O26Si6. The van der Waals surface area contributed by atoms with Crippen molar-refractivity contribution in [1.82, 2.24) is 36.4 Å². The molecule has 0 spiro atoms. The zero-order valence-electron chi connectivity index (χ0n) is 78.1. The van der Waals surface area contributed by atoms with Crippen molar-refractivity contribution in [2.45, 2.75) is 289 Å². The number of rotatable bonds is 76. The lowest BCUT2D eigenvalue weighted by Crippen LogP contribution is -2.53. The summed E-state index contributed by atoms with van der Waals surface area (Å²) in [6.45, 7) is 50.7. The van der Waals surface area contributed by atoms with Crippen LogP contribution >= 0.6 is 0 Å². The summed E-state index contributed by atoms with van der Waals surface area (Å²) < 4.78 is 117. The van der Waals surface area contributed by atoms with Crippen LogP contribution in [0.1, 0.15) is 247 Å². The van der Waals surface area contributed by atoms with Crippen molar-refractivity contribution >= 4 is 88.4 Å². The number of hydrogen-bond donors (Lipinski definition) is 5. The van der Waals surface area contributed by atoms with Gasteiger partial charge in [-0.05, 0) is 208 Å². The number of nitrogens with zero attached hydrogens (tertiary/aromatic N) is 2. The summed E-state index contributed by atoms with van der Waals surface area (Å²) in [5.41, 5.74) is 0. The molecular weight excluding hydrogens is 1660 g/mol. The fourth-order valence-corrected chi connectivity index (χ4v) is 30.2. The van der Waals surface area contributed by atoms with E-state index in [2.05, 4.69) is 26.6 Å². The van der Waals surface area contributed by atoms with Crippen molar-refractivity contribution in [2.24, 2.45) is 5.92 Å². The Morgan fingerprint density at radius 3 is 0.925 bits per heavy atom. The van der Waals surface area contributed by atoms with E-state index in [4.69, 9.17) is 89.1 Å². The third kappa shape index (κ3) is 53.7. The zero-order valence-corrected chi connectivity index (χ0v) is 84.1. The molecule has 0 aromatic rings. The lowest BCUT2D eigenvalue weighted by molar-refractivity contribution is -0.132. The average molecular weight is 1830 g/mol. The summed E-state index contributed by atoms with van der Waals surface area (Å²) >= 11 is 0. The number of unbranched alkanes of at least 4 members (excludes halogenated alkanes) is 3. The van der Waals surface area contributed by atoms with E-state index in [1.165, 1.54) is 0 Å². The summed E-state index contributed by atoms with van der Waals surface area (Å²) in [7, 11) is -16.0. The van der Waals surface area contributed by atoms with E-state index in [-0.39, 0.29) is 47.5 Å². The second-order valence-electron chi connectivity index (χ2n) is 28.3. The number of nitrogens with one attached hydrogen (secondary N) is 5. The van der Waals surface area contributed by atoms with Crippen LogP contribution in [0.25, 0.3) is 0 Å². The third-order valence-electron chi connectivity index (χ3n) is 19.2. The van der Waals surface area contributed by atoms with Crippen LogP contribution in [-0.4, -0.2) is 302 Å². The molecule has 0 aromatic heterocycles. The monoisotopic (exact) mass is 1830 g/mol. The van der Waals surface area contributed by atoms with Gasteiger partial charge in [-0.1, -0.05) is 12.8 Å². The molecule has 5 N–H and O–H groups in total. The van der Waals surface area contributed by atoms with E-state index in [0.29, 0.717) is 273 Å². The van der Waals surface area contributed by atoms with Gasteiger partial charge in [-0.2, -0.15) is 0 Å². The quantitative estimate of drug-likeness (QED) is 0.0279. The fraction of sp³-hybridized carbons (Fsp3) is 0.926. The smallest absolute Gasteiger partial charge is 0.379 e. The highest BCUT2D eigenvalue weighted by Crippen LogP contribution is 2.30. The minimum absolute atomic E-state index is 0.0235. The first-order valence-corrected chi connectivity index (χ1v) is 57.7. The lowest BCUT2D eigenvalue weighted by Gasteiger charge is -2.35. The Morgan fingerprint density at radius 1 is 0.283 bits per heavy atom. The van der Waals surface area contributed by atoms with Gasteiger partial charge in [0.05, 0.1) is 19.8 Å². The molecule has 1 aliphatic heterocycles. The third-order valence-corrected chi connectivity index (χ3v) is 38.1. The fourth-order valence-electron chi connectivity index (χ4n) is 14.3. The van der Waals surface area contributed by atoms with Crippen LogP contribution in [0, 0.1) is 5.92 Å². The van der Waals surface area contributed by atoms with Crippen LogP contribution in [0.3, 0.4) is 0 Å². The second kappa shape index (κ2) is 75.1. The van der Waals surface area contributed by atoms with E-state index >= 15 is 0 Å². The number of carbonyl (C=O) groups excluding carboxylic acids is 6. The summed E-state index contributed by atoms with van der Waals surface area (Å²) in [4.78, 5) is 78.7. The van der Waals surface area contributed by atoms with E-state index in [1.807, 2.05) is 130 Å². The molecule has 2 aliphatic rings. The van der Waals surface area contributed by atoms with Crippen LogP contribution in [0.15, 0.2) is 0 Å². The van der Waals surface area contributed by atoms with Gasteiger partial charge in [0.25, 0.3) is 0 Å². The maximum atomic E-state index is 12.9. The van der Waals surface area contributed by atoms with Crippen LogP contribution in [-0.2, 0) is 104 Å². The van der Waals surface area contributed by atoms with Gasteiger partial charge in [0.1, 0.15) is 11.6 Å². The van der Waals surface area contributed by atoms with Crippen LogP contribution in [0.5, 0.6) is 0 Å². The maximum absolute atomic E-state index is 12.9. The Bertz CT molecular complexity index is 2260. The summed E-state index contributed by atoms with van der Waals surface area (Å²) in [5.74, 6) is 0.824. The minimum atomic E-state index is -2.70. The van der Waals surface area contributed by atoms with E-state index < -0.39 is 52.8 Å². The number of amides is 7. The number of Topliss-reactive ketones (excluding diaryl/α,β-unsaturated/α-hetero) is 2. The maximum Gasteiger partial charge on any atom is 0.500 e. The van der Waals surface area contributed by atoms with E-state index in [1.54, 1.807) is 4.90 Å². The van der Waals surface area contributed by atoms with Crippen molar-refractivity contribution in [3.8, 4) is 0 Å². The second-order valence-corrected chi connectivity index (χ2v) is 44.7. The number of urea groups is 3. The molecule has 7 amide bonds. The first-order valence-electron chi connectivity index (χ1n) is 46.1. The molecule has 0 aromatic carbocycles. The van der Waals surface area contributed by atoms with Gasteiger partial charge in [0.15, 0.2) is 0 Å². The van der Waals surface area contributed by atoms with Crippen LogP contribution in [0.2, 0.25) is 36.3 Å². The molecule has 1 saturated heterocycles. The highest BCUT2D eigenvalue weighted by atomic mass is 28.4. The van der Waals surface area contributed by atoms with Gasteiger partial charge < -0.3 is 126 Å². The summed E-state index contributed by atoms with van der Waals surface area (Å²) in [6, 6.07) is 3.66. The average Bonchev–Trinajstić information content (AvgIpc) is 0.886. The largest absolute Gasteiger partial charge is 0.500 e. The number of hydrogen-bond acceptors (Lipinski definition) is 26. The molecule has 1 aliphatic carbocycles. The van der Waals surface area contributed by atoms with Gasteiger partial charge in [-0.15, -0.1) is 0 Å². The van der Waals surface area contributed by atoms with Crippen molar-refractivity contribution in [1.29, 1.82) is 0 Å². The molecule has 0 bridgehead atoms. The Labute approximate surface area is 731 Å². The molecule has 1 saturated carbocycles. The Hall–Kier alpha value is -2.88. The molecule has 710 valence electrons. The van der Waals surface area contributed by atoms with Crippen LogP contribution in [0.4, 0.5) is 14.4 Å². The first-order chi connectivity index (χ1) is 58.0. The minimum Gasteiger partial charge on any atom is -0.379 e. The highest BCUT2D eigenvalue weighted by Gasteiger charge is 2.45.